The zero-order chi connectivity index (χ0) is 20.3. The van der Waals surface area contributed by atoms with Gasteiger partial charge in [-0.05, 0) is 0 Å². The molecule has 0 atom stereocenters. The van der Waals surface area contributed by atoms with Crippen LogP contribution in [0.1, 0.15) is 11.1 Å². The van der Waals surface area contributed by atoms with Gasteiger partial charge < -0.3 is 19.8 Å². The van der Waals surface area contributed by atoms with E-state index >= 15 is 0 Å². The normalized spacial score (nSPS) is 12.7. The number of alkyl halides is 9. The Morgan fingerprint density at radius 3 is 1.46 bits per heavy atom. The molecule has 1 rings (SSSR count). The molecule has 0 heterocycles. The van der Waals surface area contributed by atoms with Crippen LogP contribution in [0.25, 0.3) is 0 Å². The van der Waals surface area contributed by atoms with Crippen LogP contribution in [0.15, 0.2) is 18.2 Å². The molecule has 0 aliphatic rings. The number of ether oxygens (including phenoxy) is 1. The van der Waals surface area contributed by atoms with E-state index in [4.69, 9.17) is 15.1 Å². The van der Waals surface area contributed by atoms with Crippen molar-refractivity contribution in [3.05, 3.63) is 35.4 Å². The van der Waals surface area contributed by atoms with Gasteiger partial charge in [-0.3, -0.25) is 0 Å². The van der Waals surface area contributed by atoms with E-state index in [0.29, 0.717) is 0 Å². The number of halogens is 9. The number of methoxy groups -OCH3 is 1. The van der Waals surface area contributed by atoms with Crippen LogP contribution in [-0.2, 0) is 38.9 Å². The fourth-order valence-electron chi connectivity index (χ4n) is 1.68. The first kappa shape index (κ1) is 27.5. The number of hydrogen-bond acceptors (Lipinski definition) is 4. The monoisotopic (exact) mass is 494 g/mol. The molecule has 0 aromatic heterocycles. The first-order valence-electron chi connectivity index (χ1n) is 5.82. The van der Waals surface area contributed by atoms with Gasteiger partial charge in [-0.1, -0.05) is 5.56 Å². The van der Waals surface area contributed by atoms with Gasteiger partial charge in [-0.25, -0.2) is 0 Å². The van der Waals surface area contributed by atoms with E-state index in [1.807, 2.05) is 0 Å². The molecule has 15 heteroatoms. The molecule has 154 valence electrons. The Balaban J connectivity index is 0. The van der Waals surface area contributed by atoms with Gasteiger partial charge in [-0.15, -0.1) is 5.56 Å². The maximum Gasteiger partial charge on any atom is 1.00 e. The topological polar surface area (TPSA) is 69.9 Å². The van der Waals surface area contributed by atoms with E-state index in [0.717, 1.165) is 0 Å². The molecule has 26 heavy (non-hydrogen) atoms. The van der Waals surface area contributed by atoms with Crippen molar-refractivity contribution in [2.24, 2.45) is 0 Å². The van der Waals surface area contributed by atoms with Crippen molar-refractivity contribution in [3.63, 3.8) is 0 Å². The van der Waals surface area contributed by atoms with Gasteiger partial charge in [0.05, 0.1) is 0 Å². The molecule has 0 amide bonds. The fourth-order valence-corrected chi connectivity index (χ4v) is 1.68. The third-order valence-electron chi connectivity index (χ3n) is 2.63. The summed E-state index contributed by atoms with van der Waals surface area (Å²) in [5.74, 6) is 0. The molecule has 1 aromatic rings. The van der Waals surface area contributed by atoms with Crippen LogP contribution in [0.2, 0.25) is 0 Å². The van der Waals surface area contributed by atoms with Crippen LogP contribution in [0.4, 0.5) is 39.5 Å². The quantitative estimate of drug-likeness (QED) is 0.336. The summed E-state index contributed by atoms with van der Waals surface area (Å²) in [6.45, 7) is 0. The van der Waals surface area contributed by atoms with Gasteiger partial charge in [0.15, 0.2) is 0 Å². The van der Waals surface area contributed by atoms with E-state index in [1.54, 1.807) is 6.07 Å². The third-order valence-corrected chi connectivity index (χ3v) is 2.63. The van der Waals surface area contributed by atoms with Crippen LogP contribution in [0, 0.1) is 6.07 Å². The molecule has 0 aliphatic heterocycles. The molecular weight excluding hydrogens is 486 g/mol. The summed E-state index contributed by atoms with van der Waals surface area (Å²) in [4.78, 5) is 0. The molecule has 3 N–H and O–H groups in total. The van der Waals surface area contributed by atoms with Crippen molar-refractivity contribution in [2.75, 3.05) is 7.11 Å². The first-order chi connectivity index (χ1) is 11.0. The summed E-state index contributed by atoms with van der Waals surface area (Å²) in [6.07, 6.45) is -17.2. The van der Waals surface area contributed by atoms with Crippen molar-refractivity contribution in [3.8, 4) is 0 Å². The Morgan fingerprint density at radius 2 is 1.19 bits per heavy atom. The zero-order valence-corrected chi connectivity index (χ0v) is 13.7. The summed E-state index contributed by atoms with van der Waals surface area (Å²) in [5, 5.41) is 21.5. The van der Waals surface area contributed by atoms with Crippen LogP contribution >= 0.6 is 0 Å². The fraction of sp³-hybridized carbons (Fsp3) is 0.455. The van der Waals surface area contributed by atoms with Crippen molar-refractivity contribution in [1.82, 2.24) is 0 Å². The summed E-state index contributed by atoms with van der Waals surface area (Å²) < 4.78 is 118. The number of benzene rings is 1. The Labute approximate surface area is 156 Å². The minimum atomic E-state index is -6.02. The van der Waals surface area contributed by atoms with Gasteiger partial charge in [0, 0.05) is 7.11 Å². The maximum absolute atomic E-state index is 12.8. The van der Waals surface area contributed by atoms with Crippen LogP contribution in [-0.4, -0.2) is 41.9 Å². The second-order valence-electron chi connectivity index (χ2n) is 4.24. The molecule has 1 aromatic carbocycles. The standard InChI is InChI=1S/C11H6F9O.Ag.BH3O3/c1-21-8(10(15,16)17,11(18,19)20)6-3-2-4-7(5-6)9(12,13)14;;2-1(3)4/h3-5H,1H3;;2-4H/q-1;+1;. The molecule has 0 spiro atoms. The SMILES string of the molecule is COC(c1c[c-]cc(C(F)(F)F)c1)(C(F)(F)F)C(F)(F)F.OB(O)O.[Ag+]. The van der Waals surface area contributed by atoms with E-state index < -0.39 is 42.6 Å². The van der Waals surface area contributed by atoms with Crippen molar-refractivity contribution in [1.29, 1.82) is 0 Å². The van der Waals surface area contributed by atoms with E-state index in [-0.39, 0.29) is 47.7 Å². The minimum Gasteiger partial charge on any atom is -0.402 e. The molecule has 0 saturated heterocycles. The molecule has 0 aliphatic carbocycles. The second kappa shape index (κ2) is 9.44. The molecular formula is C11H9AgBF9O4. The molecule has 0 radical (unpaired) electrons. The van der Waals surface area contributed by atoms with Crippen LogP contribution < -0.4 is 0 Å². The number of rotatable bonds is 2. The van der Waals surface area contributed by atoms with Gasteiger partial charge in [0.25, 0.3) is 0 Å². The second-order valence-corrected chi connectivity index (χ2v) is 4.24. The molecule has 0 fully saturated rings. The third kappa shape index (κ3) is 6.44. The van der Waals surface area contributed by atoms with Gasteiger partial charge in [0.2, 0.25) is 5.60 Å². The summed E-state index contributed by atoms with van der Waals surface area (Å²) in [5.41, 5.74) is -8.31. The zero-order valence-electron chi connectivity index (χ0n) is 12.3. The van der Waals surface area contributed by atoms with Gasteiger partial charge in [-0.2, -0.15) is 63.8 Å². The van der Waals surface area contributed by atoms with Gasteiger partial charge >= 0.3 is 48.2 Å². The average molecular weight is 495 g/mol. The Bertz CT molecular complexity index is 543. The largest absolute Gasteiger partial charge is 1.00 e. The Kier molecular flexibility index (Phi) is 9.96. The van der Waals surface area contributed by atoms with Gasteiger partial charge in [0.1, 0.15) is 0 Å². The first-order valence-corrected chi connectivity index (χ1v) is 5.82. The minimum absolute atomic E-state index is 0. The molecule has 4 nitrogen and oxygen atoms in total. The van der Waals surface area contributed by atoms with Crippen molar-refractivity contribution >= 4 is 7.32 Å². The summed E-state index contributed by atoms with van der Waals surface area (Å²) in [7, 11) is -2.05. The predicted molar refractivity (Wildman–Crippen MR) is 63.5 cm³/mol. The van der Waals surface area contributed by atoms with Crippen molar-refractivity contribution < 1.29 is 81.7 Å². The smallest absolute Gasteiger partial charge is 0.402 e. The molecule has 0 bridgehead atoms. The molecule has 0 saturated carbocycles. The van der Waals surface area contributed by atoms with Crippen LogP contribution in [0.5, 0.6) is 0 Å². The van der Waals surface area contributed by atoms with E-state index in [1.165, 1.54) is 0 Å². The Hall–Kier alpha value is -0.765. The van der Waals surface area contributed by atoms with E-state index in [2.05, 4.69) is 4.74 Å². The van der Waals surface area contributed by atoms with E-state index in [9.17, 15) is 39.5 Å². The Morgan fingerprint density at radius 1 is 0.846 bits per heavy atom. The number of hydrogen-bond donors (Lipinski definition) is 3. The molecule has 0 unspecified atom stereocenters. The van der Waals surface area contributed by atoms with Crippen LogP contribution in [0.3, 0.4) is 0 Å². The summed E-state index contributed by atoms with van der Waals surface area (Å²) >= 11 is 0. The average Bonchev–Trinajstić information content (AvgIpc) is 2.35. The maximum atomic E-state index is 12.8. The summed E-state index contributed by atoms with van der Waals surface area (Å²) in [6, 6.07) is 1.74. The van der Waals surface area contributed by atoms with Crippen molar-refractivity contribution in [2.45, 2.75) is 24.1 Å². The predicted octanol–water partition coefficient (Wildman–Crippen LogP) is 2.42.